The first-order valence-electron chi connectivity index (χ1n) is 9.46. The minimum absolute atomic E-state index is 0.931. The van der Waals surface area contributed by atoms with E-state index in [1.165, 1.54) is 46.6 Å². The molecule has 4 aromatic rings. The van der Waals surface area contributed by atoms with Gasteiger partial charge in [-0.1, -0.05) is 55.0 Å². The van der Waals surface area contributed by atoms with Crippen molar-refractivity contribution in [1.29, 1.82) is 0 Å². The lowest BCUT2D eigenvalue weighted by Crippen LogP contribution is -1.98. The van der Waals surface area contributed by atoms with Gasteiger partial charge < -0.3 is 9.30 Å². The van der Waals surface area contributed by atoms with Gasteiger partial charge in [0.1, 0.15) is 5.75 Å². The van der Waals surface area contributed by atoms with Crippen LogP contribution < -0.4 is 4.74 Å². The molecule has 0 aliphatic rings. The topological polar surface area (TPSA) is 14.2 Å². The first-order chi connectivity index (χ1) is 12.9. The van der Waals surface area contributed by atoms with Gasteiger partial charge in [-0.3, -0.25) is 0 Å². The van der Waals surface area contributed by atoms with E-state index in [1.54, 1.807) is 7.11 Å². The first kappa shape index (κ1) is 16.7. The van der Waals surface area contributed by atoms with E-state index in [9.17, 15) is 0 Å². The molecule has 0 aliphatic heterocycles. The summed E-state index contributed by atoms with van der Waals surface area (Å²) >= 11 is 0. The van der Waals surface area contributed by atoms with Gasteiger partial charge in [0.05, 0.1) is 7.11 Å². The van der Waals surface area contributed by atoms with Crippen molar-refractivity contribution < 1.29 is 4.74 Å². The Balaban J connectivity index is 1.40. The predicted molar refractivity (Wildman–Crippen MR) is 110 cm³/mol. The van der Waals surface area contributed by atoms with E-state index in [2.05, 4.69) is 65.2 Å². The number of benzene rings is 3. The van der Waals surface area contributed by atoms with Gasteiger partial charge in [-0.15, -0.1) is 0 Å². The van der Waals surface area contributed by atoms with Gasteiger partial charge in [-0.05, 0) is 49.1 Å². The largest absolute Gasteiger partial charge is 0.497 e. The third-order valence-electron chi connectivity index (χ3n) is 5.19. The molecule has 0 radical (unpaired) electrons. The molecule has 2 nitrogen and oxygen atoms in total. The maximum Gasteiger partial charge on any atom is 0.118 e. The number of ether oxygens (including phenoxy) is 1. The van der Waals surface area contributed by atoms with Crippen molar-refractivity contribution in [1.82, 2.24) is 4.57 Å². The molecule has 0 atom stereocenters. The second-order valence-corrected chi connectivity index (χ2v) is 6.84. The zero-order valence-electron chi connectivity index (χ0n) is 15.3. The lowest BCUT2D eigenvalue weighted by atomic mass is 10.1. The van der Waals surface area contributed by atoms with Crippen molar-refractivity contribution >= 4 is 21.8 Å². The molecule has 0 saturated carbocycles. The van der Waals surface area contributed by atoms with Crippen LogP contribution in [-0.4, -0.2) is 11.7 Å². The number of fused-ring (bicyclic) bond motifs is 3. The normalized spacial score (nSPS) is 11.3. The lowest BCUT2D eigenvalue weighted by molar-refractivity contribution is 0.414. The Hall–Kier alpha value is -2.74. The Kier molecular flexibility index (Phi) is 4.92. The van der Waals surface area contributed by atoms with Crippen LogP contribution in [-0.2, 0) is 13.0 Å². The van der Waals surface area contributed by atoms with Gasteiger partial charge in [-0.2, -0.15) is 0 Å². The summed E-state index contributed by atoms with van der Waals surface area (Å²) in [6.07, 6.45) is 4.81. The summed E-state index contributed by atoms with van der Waals surface area (Å²) in [6, 6.07) is 25.9. The smallest absolute Gasteiger partial charge is 0.118 e. The summed E-state index contributed by atoms with van der Waals surface area (Å²) in [5.41, 5.74) is 4.09. The number of aryl methyl sites for hydroxylation is 2. The molecule has 3 aromatic carbocycles. The molecular formula is C24H25NO. The lowest BCUT2D eigenvalue weighted by Gasteiger charge is -2.08. The molecule has 2 heteroatoms. The van der Waals surface area contributed by atoms with E-state index in [-0.39, 0.29) is 0 Å². The number of unbranched alkanes of at least 4 members (excludes halogenated alkanes) is 2. The Labute approximate surface area is 155 Å². The highest BCUT2D eigenvalue weighted by Crippen LogP contribution is 2.29. The van der Waals surface area contributed by atoms with Crippen molar-refractivity contribution in [3.8, 4) is 5.75 Å². The van der Waals surface area contributed by atoms with E-state index in [1.807, 2.05) is 12.1 Å². The molecule has 1 heterocycles. The third-order valence-corrected chi connectivity index (χ3v) is 5.19. The maximum atomic E-state index is 5.22. The molecule has 4 rings (SSSR count). The maximum absolute atomic E-state index is 5.22. The summed E-state index contributed by atoms with van der Waals surface area (Å²) in [5, 5.41) is 2.72. The molecule has 26 heavy (non-hydrogen) atoms. The number of hydrogen-bond acceptors (Lipinski definition) is 1. The average Bonchev–Trinajstić information content (AvgIpc) is 3.02. The van der Waals surface area contributed by atoms with E-state index < -0.39 is 0 Å². The molecule has 0 spiro atoms. The van der Waals surface area contributed by atoms with Gasteiger partial charge in [-0.25, -0.2) is 0 Å². The molecule has 1 aromatic heterocycles. The van der Waals surface area contributed by atoms with Crippen molar-refractivity contribution in [2.45, 2.75) is 32.2 Å². The SMILES string of the molecule is COc1ccc(CCCCCn2c3ccccc3c3ccccc32)cc1. The van der Waals surface area contributed by atoms with Crippen LogP contribution in [0, 0.1) is 0 Å². The minimum atomic E-state index is 0.931. The number of aromatic nitrogens is 1. The van der Waals surface area contributed by atoms with Crippen LogP contribution in [0.25, 0.3) is 21.8 Å². The van der Waals surface area contributed by atoms with Crippen LogP contribution in [0.2, 0.25) is 0 Å². The summed E-state index contributed by atoms with van der Waals surface area (Å²) in [7, 11) is 1.71. The van der Waals surface area contributed by atoms with Crippen LogP contribution in [0.15, 0.2) is 72.8 Å². The quantitative estimate of drug-likeness (QED) is 0.364. The van der Waals surface area contributed by atoms with Crippen molar-refractivity contribution in [2.75, 3.05) is 7.11 Å². The Bertz CT molecular complexity index is 945. The van der Waals surface area contributed by atoms with Crippen LogP contribution in [0.4, 0.5) is 0 Å². The molecule has 132 valence electrons. The summed E-state index contributed by atoms with van der Waals surface area (Å²) in [6.45, 7) is 1.08. The van der Waals surface area contributed by atoms with E-state index in [0.29, 0.717) is 0 Å². The van der Waals surface area contributed by atoms with E-state index in [0.717, 1.165) is 18.7 Å². The van der Waals surface area contributed by atoms with Gasteiger partial charge in [0, 0.05) is 28.4 Å². The highest BCUT2D eigenvalue weighted by Gasteiger charge is 2.08. The fraction of sp³-hybridized carbons (Fsp3) is 0.250. The zero-order chi connectivity index (χ0) is 17.8. The van der Waals surface area contributed by atoms with Crippen molar-refractivity contribution in [3.63, 3.8) is 0 Å². The number of para-hydroxylation sites is 2. The Morgan fingerprint density at radius 1 is 0.692 bits per heavy atom. The van der Waals surface area contributed by atoms with E-state index >= 15 is 0 Å². The zero-order valence-corrected chi connectivity index (χ0v) is 15.3. The molecule has 0 amide bonds. The van der Waals surface area contributed by atoms with Gasteiger partial charge in [0.2, 0.25) is 0 Å². The monoisotopic (exact) mass is 343 g/mol. The number of rotatable bonds is 7. The number of hydrogen-bond donors (Lipinski definition) is 0. The Morgan fingerprint density at radius 2 is 1.31 bits per heavy atom. The molecule has 0 unspecified atom stereocenters. The first-order valence-corrected chi connectivity index (χ1v) is 9.46. The second-order valence-electron chi connectivity index (χ2n) is 6.84. The standard InChI is InChI=1S/C24H25NO/c1-26-20-16-14-19(15-17-20)9-3-2-8-18-25-23-12-6-4-10-21(23)22-11-5-7-13-24(22)25/h4-7,10-17H,2-3,8-9,18H2,1H3. The average molecular weight is 343 g/mol. The minimum Gasteiger partial charge on any atom is -0.497 e. The summed E-state index contributed by atoms with van der Waals surface area (Å²) in [4.78, 5) is 0. The fourth-order valence-corrected chi connectivity index (χ4v) is 3.81. The van der Waals surface area contributed by atoms with Crippen molar-refractivity contribution in [3.05, 3.63) is 78.4 Å². The second kappa shape index (κ2) is 7.65. The van der Waals surface area contributed by atoms with Gasteiger partial charge in [0.15, 0.2) is 0 Å². The molecule has 0 fully saturated rings. The summed E-state index contributed by atoms with van der Waals surface area (Å²) in [5.74, 6) is 0.931. The fourth-order valence-electron chi connectivity index (χ4n) is 3.81. The highest BCUT2D eigenvalue weighted by atomic mass is 16.5. The van der Waals surface area contributed by atoms with Crippen LogP contribution in [0.5, 0.6) is 5.75 Å². The van der Waals surface area contributed by atoms with Crippen molar-refractivity contribution in [2.24, 2.45) is 0 Å². The molecule has 0 bridgehead atoms. The van der Waals surface area contributed by atoms with Crippen LogP contribution >= 0.6 is 0 Å². The van der Waals surface area contributed by atoms with Crippen LogP contribution in [0.1, 0.15) is 24.8 Å². The number of methoxy groups -OCH3 is 1. The third kappa shape index (κ3) is 3.32. The Morgan fingerprint density at radius 3 is 1.92 bits per heavy atom. The molecule has 0 saturated heterocycles. The van der Waals surface area contributed by atoms with Gasteiger partial charge >= 0.3 is 0 Å². The number of nitrogens with zero attached hydrogens (tertiary/aromatic N) is 1. The summed E-state index contributed by atoms with van der Waals surface area (Å²) < 4.78 is 7.71. The molecule has 0 aliphatic carbocycles. The predicted octanol–water partition coefficient (Wildman–Crippen LogP) is 6.22. The molecular weight excluding hydrogens is 318 g/mol. The highest BCUT2D eigenvalue weighted by molar-refractivity contribution is 6.07. The van der Waals surface area contributed by atoms with Crippen LogP contribution in [0.3, 0.4) is 0 Å². The van der Waals surface area contributed by atoms with E-state index in [4.69, 9.17) is 4.74 Å². The molecule has 0 N–H and O–H groups in total. The van der Waals surface area contributed by atoms with Gasteiger partial charge in [0.25, 0.3) is 0 Å².